The fraction of sp³-hybridized carbons (Fsp3) is 0.308. The molecule has 1 atom stereocenters. The first-order chi connectivity index (χ1) is 9.11. The Morgan fingerprint density at radius 2 is 2.11 bits per heavy atom. The standard InChI is InChI=1S/C13H15N3O2S/c1-14-13-16(2)11(17)8-10(19-13)12(18)15-9-6-4-3-5-7-9/h3-7,10H,8H2,1-2H3,(H,15,18)/t10-/m1/s1. The van der Waals surface area contributed by atoms with Crippen molar-refractivity contribution in [3.05, 3.63) is 30.3 Å². The highest BCUT2D eigenvalue weighted by atomic mass is 32.2. The highest BCUT2D eigenvalue weighted by Gasteiger charge is 2.33. The second kappa shape index (κ2) is 5.88. The van der Waals surface area contributed by atoms with Gasteiger partial charge in [0.2, 0.25) is 11.8 Å². The third-order valence-corrected chi connectivity index (χ3v) is 4.13. The van der Waals surface area contributed by atoms with Gasteiger partial charge in [-0.25, -0.2) is 0 Å². The Hall–Kier alpha value is -1.82. The second-order valence-corrected chi connectivity index (χ2v) is 5.29. The number of amidine groups is 1. The van der Waals surface area contributed by atoms with Gasteiger partial charge in [-0.15, -0.1) is 0 Å². The van der Waals surface area contributed by atoms with E-state index in [9.17, 15) is 9.59 Å². The Kier molecular flexibility index (Phi) is 4.21. The molecule has 0 unspecified atom stereocenters. The maximum atomic E-state index is 12.1. The number of hydrogen-bond donors (Lipinski definition) is 1. The van der Waals surface area contributed by atoms with Gasteiger partial charge in [-0.2, -0.15) is 0 Å². The van der Waals surface area contributed by atoms with E-state index in [2.05, 4.69) is 10.3 Å². The van der Waals surface area contributed by atoms with E-state index in [-0.39, 0.29) is 18.2 Å². The second-order valence-electron chi connectivity index (χ2n) is 4.12. The summed E-state index contributed by atoms with van der Waals surface area (Å²) in [6, 6.07) is 9.21. The van der Waals surface area contributed by atoms with Crippen LogP contribution >= 0.6 is 11.8 Å². The van der Waals surface area contributed by atoms with Crippen LogP contribution in [-0.2, 0) is 9.59 Å². The van der Waals surface area contributed by atoms with Crippen LogP contribution in [0.1, 0.15) is 6.42 Å². The molecular formula is C13H15N3O2S. The van der Waals surface area contributed by atoms with Crippen LogP contribution in [0.15, 0.2) is 35.3 Å². The third kappa shape index (κ3) is 3.14. The number of hydrogen-bond acceptors (Lipinski definition) is 4. The molecule has 1 saturated heterocycles. The van der Waals surface area contributed by atoms with Crippen LogP contribution in [0.3, 0.4) is 0 Å². The lowest BCUT2D eigenvalue weighted by Gasteiger charge is -2.28. The summed E-state index contributed by atoms with van der Waals surface area (Å²) in [7, 11) is 3.28. The zero-order valence-electron chi connectivity index (χ0n) is 10.8. The molecule has 1 fully saturated rings. The quantitative estimate of drug-likeness (QED) is 0.892. The first kappa shape index (κ1) is 13.6. The minimum atomic E-state index is -0.428. The van der Waals surface area contributed by atoms with Gasteiger partial charge in [0.1, 0.15) is 5.25 Å². The summed E-state index contributed by atoms with van der Waals surface area (Å²) in [4.78, 5) is 29.4. The molecule has 19 heavy (non-hydrogen) atoms. The number of anilines is 1. The number of benzene rings is 1. The lowest BCUT2D eigenvalue weighted by Crippen LogP contribution is -2.43. The smallest absolute Gasteiger partial charge is 0.238 e. The van der Waals surface area contributed by atoms with E-state index in [1.54, 1.807) is 14.1 Å². The van der Waals surface area contributed by atoms with Crippen molar-refractivity contribution in [3.8, 4) is 0 Å². The average Bonchev–Trinajstić information content (AvgIpc) is 2.42. The topological polar surface area (TPSA) is 61.8 Å². The van der Waals surface area contributed by atoms with Gasteiger partial charge in [-0.05, 0) is 12.1 Å². The highest BCUT2D eigenvalue weighted by Crippen LogP contribution is 2.26. The summed E-state index contributed by atoms with van der Waals surface area (Å²) in [5.41, 5.74) is 0.731. The molecule has 0 bridgehead atoms. The van der Waals surface area contributed by atoms with Gasteiger partial charge in [0.15, 0.2) is 5.17 Å². The van der Waals surface area contributed by atoms with Gasteiger partial charge in [0.05, 0.1) is 0 Å². The van der Waals surface area contributed by atoms with Crippen LogP contribution in [-0.4, -0.2) is 41.2 Å². The summed E-state index contributed by atoms with van der Waals surface area (Å²) in [5, 5.41) is 2.95. The first-order valence-electron chi connectivity index (χ1n) is 5.87. The van der Waals surface area contributed by atoms with Crippen LogP contribution < -0.4 is 5.32 Å². The fourth-order valence-corrected chi connectivity index (χ4v) is 2.76. The molecule has 0 aliphatic carbocycles. The molecule has 1 N–H and O–H groups in total. The molecule has 0 aromatic heterocycles. The molecule has 1 aromatic rings. The van der Waals surface area contributed by atoms with E-state index < -0.39 is 5.25 Å². The number of nitrogens with one attached hydrogen (secondary N) is 1. The minimum absolute atomic E-state index is 0.0902. The first-order valence-corrected chi connectivity index (χ1v) is 6.75. The Morgan fingerprint density at radius 1 is 1.42 bits per heavy atom. The highest BCUT2D eigenvalue weighted by molar-refractivity contribution is 8.15. The number of carbonyl (C=O) groups excluding carboxylic acids is 2. The van der Waals surface area contributed by atoms with E-state index >= 15 is 0 Å². The van der Waals surface area contributed by atoms with Gasteiger partial charge >= 0.3 is 0 Å². The molecule has 0 spiro atoms. The molecule has 1 aromatic carbocycles. The number of thioether (sulfide) groups is 1. The van der Waals surface area contributed by atoms with Crippen molar-refractivity contribution in [2.45, 2.75) is 11.7 Å². The third-order valence-electron chi connectivity index (χ3n) is 2.79. The molecule has 2 rings (SSSR count). The molecule has 0 saturated carbocycles. The normalized spacial score (nSPS) is 21.6. The molecule has 2 amide bonds. The summed E-state index contributed by atoms with van der Waals surface area (Å²) in [6.45, 7) is 0. The van der Waals surface area contributed by atoms with Gasteiger partial charge in [0.25, 0.3) is 0 Å². The molecule has 6 heteroatoms. The van der Waals surface area contributed by atoms with Crippen molar-refractivity contribution in [1.29, 1.82) is 0 Å². The van der Waals surface area contributed by atoms with Gasteiger partial charge in [-0.3, -0.25) is 19.5 Å². The predicted molar refractivity (Wildman–Crippen MR) is 77.2 cm³/mol. The summed E-state index contributed by atoms with van der Waals surface area (Å²) in [5.74, 6) is -0.258. The zero-order valence-corrected chi connectivity index (χ0v) is 11.6. The number of nitrogens with zero attached hydrogens (tertiary/aromatic N) is 2. The number of amides is 2. The number of para-hydroxylation sites is 1. The van der Waals surface area contributed by atoms with Gasteiger partial charge in [-0.1, -0.05) is 30.0 Å². The van der Waals surface area contributed by atoms with Crippen molar-refractivity contribution >= 4 is 34.4 Å². The van der Waals surface area contributed by atoms with Crippen LogP contribution in [0.25, 0.3) is 0 Å². The maximum Gasteiger partial charge on any atom is 0.238 e. The molecule has 0 radical (unpaired) electrons. The lowest BCUT2D eigenvalue weighted by atomic mass is 10.2. The predicted octanol–water partition coefficient (Wildman–Crippen LogP) is 1.57. The van der Waals surface area contributed by atoms with E-state index in [0.29, 0.717) is 5.17 Å². The van der Waals surface area contributed by atoms with E-state index in [0.717, 1.165) is 5.69 Å². The lowest BCUT2D eigenvalue weighted by molar-refractivity contribution is -0.128. The van der Waals surface area contributed by atoms with Crippen molar-refractivity contribution in [2.75, 3.05) is 19.4 Å². The van der Waals surface area contributed by atoms with E-state index in [4.69, 9.17) is 0 Å². The molecule has 5 nitrogen and oxygen atoms in total. The summed E-state index contributed by atoms with van der Waals surface area (Å²) in [6.07, 6.45) is 0.193. The molecule has 1 aliphatic heterocycles. The largest absolute Gasteiger partial charge is 0.325 e. The molecule has 1 heterocycles. The summed E-state index contributed by atoms with van der Waals surface area (Å²) < 4.78 is 0. The maximum absolute atomic E-state index is 12.1. The van der Waals surface area contributed by atoms with Crippen LogP contribution in [0.5, 0.6) is 0 Å². The SMILES string of the molecule is CN=C1S[C@@H](C(=O)Nc2ccccc2)CC(=O)N1C. The Bertz CT molecular complexity index is 516. The monoisotopic (exact) mass is 277 g/mol. The summed E-state index contributed by atoms with van der Waals surface area (Å²) >= 11 is 1.31. The van der Waals surface area contributed by atoms with E-state index in [1.165, 1.54) is 16.7 Å². The van der Waals surface area contributed by atoms with Crippen molar-refractivity contribution in [2.24, 2.45) is 4.99 Å². The van der Waals surface area contributed by atoms with Gasteiger partial charge < -0.3 is 5.32 Å². The Morgan fingerprint density at radius 3 is 2.74 bits per heavy atom. The minimum Gasteiger partial charge on any atom is -0.325 e. The van der Waals surface area contributed by atoms with Crippen molar-refractivity contribution < 1.29 is 9.59 Å². The molecule has 100 valence electrons. The average molecular weight is 277 g/mol. The van der Waals surface area contributed by atoms with Crippen LogP contribution in [0.2, 0.25) is 0 Å². The van der Waals surface area contributed by atoms with Crippen LogP contribution in [0, 0.1) is 0 Å². The van der Waals surface area contributed by atoms with E-state index in [1.807, 2.05) is 30.3 Å². The number of aliphatic imine (C=N–C) groups is 1. The van der Waals surface area contributed by atoms with Crippen molar-refractivity contribution in [3.63, 3.8) is 0 Å². The fourth-order valence-electron chi connectivity index (χ4n) is 1.74. The number of rotatable bonds is 2. The molecule has 1 aliphatic rings. The zero-order chi connectivity index (χ0) is 13.8. The van der Waals surface area contributed by atoms with Crippen molar-refractivity contribution in [1.82, 2.24) is 4.90 Å². The Labute approximate surface area is 116 Å². The Balaban J connectivity index is 2.06. The molecular weight excluding hydrogens is 262 g/mol. The number of carbonyl (C=O) groups is 2. The van der Waals surface area contributed by atoms with Gasteiger partial charge in [0, 0.05) is 26.2 Å². The van der Waals surface area contributed by atoms with Crippen LogP contribution in [0.4, 0.5) is 5.69 Å².